The van der Waals surface area contributed by atoms with E-state index in [9.17, 15) is 15.0 Å². The Bertz CT molecular complexity index is 1050. The van der Waals surface area contributed by atoms with Gasteiger partial charge >= 0.3 is 0 Å². The van der Waals surface area contributed by atoms with Gasteiger partial charge in [0.2, 0.25) is 5.91 Å². The minimum atomic E-state index is -0.885. The van der Waals surface area contributed by atoms with Crippen LogP contribution < -0.4 is 5.32 Å². The lowest BCUT2D eigenvalue weighted by Gasteiger charge is -2.19. The van der Waals surface area contributed by atoms with Gasteiger partial charge in [0.25, 0.3) is 0 Å². The Morgan fingerprint density at radius 3 is 1.38 bits per heavy atom. The topological polar surface area (TPSA) is 69.6 Å². The number of allylic oxidation sites excluding steroid dienone is 19. The number of nitrogens with one attached hydrogen (secondary N) is 1. The Balaban J connectivity index is 3.76. The summed E-state index contributed by atoms with van der Waals surface area (Å²) in [6.07, 6.45) is 62.9. The molecule has 0 aliphatic rings. The Morgan fingerprint density at radius 1 is 0.500 bits per heavy atom. The van der Waals surface area contributed by atoms with Crippen molar-refractivity contribution in [3.63, 3.8) is 0 Å². The maximum atomic E-state index is 12.3. The van der Waals surface area contributed by atoms with Gasteiger partial charge in [-0.05, 0) is 96.3 Å². The van der Waals surface area contributed by atoms with Gasteiger partial charge in [0.15, 0.2) is 0 Å². The van der Waals surface area contributed by atoms with E-state index in [0.717, 1.165) is 103 Å². The minimum absolute atomic E-state index is 0.107. The van der Waals surface area contributed by atoms with Crippen LogP contribution in [0.2, 0.25) is 0 Å². The minimum Gasteiger partial charge on any atom is -0.394 e. The van der Waals surface area contributed by atoms with E-state index in [1.165, 1.54) is 19.3 Å². The average Bonchev–Trinajstić information content (AvgIpc) is 3.12. The number of hydrogen-bond acceptors (Lipinski definition) is 3. The number of aliphatic hydroxyl groups is 2. The molecule has 1 amide bonds. The number of rotatable bonds is 33. The van der Waals surface area contributed by atoms with E-state index in [2.05, 4.69) is 129 Å². The van der Waals surface area contributed by atoms with Crippen LogP contribution in [-0.2, 0) is 4.79 Å². The standard InChI is InChI=1S/C46H73NO3/c1-3-5-7-9-11-13-15-16-17-18-19-20-21-22-23-24-25-26-27-28-29-30-32-34-36-38-40-42-46(50)47-44(43-48)45(49)41-39-37-35-33-31-14-12-10-8-6-4-2/h5,7-8,10-11,13,16-17,19-20,22-23,25-26,28-29,31,33,39,41,44-45,48-49H,3-4,6,9,12,14-15,18,21,24,27,30,32,34-38,40,42-43H2,1-2H3,(H,47,50)/b7-5-,10-8+,13-11-,17-16-,20-19-,23-22-,26-25-,29-28-,33-31+,41-39+. The first-order valence-electron chi connectivity index (χ1n) is 19.7. The molecule has 0 aromatic rings. The summed E-state index contributed by atoms with van der Waals surface area (Å²) < 4.78 is 0. The van der Waals surface area contributed by atoms with Gasteiger partial charge < -0.3 is 15.5 Å². The largest absolute Gasteiger partial charge is 0.394 e. The van der Waals surface area contributed by atoms with Crippen molar-refractivity contribution in [1.29, 1.82) is 0 Å². The molecule has 0 rings (SSSR count). The van der Waals surface area contributed by atoms with Crippen LogP contribution >= 0.6 is 0 Å². The highest BCUT2D eigenvalue weighted by Gasteiger charge is 2.17. The first-order valence-corrected chi connectivity index (χ1v) is 19.7. The number of carbonyl (C=O) groups is 1. The van der Waals surface area contributed by atoms with Crippen molar-refractivity contribution in [2.24, 2.45) is 0 Å². The molecule has 0 heterocycles. The molecule has 0 aromatic carbocycles. The molecule has 2 atom stereocenters. The zero-order valence-corrected chi connectivity index (χ0v) is 31.9. The molecule has 2 unspecified atom stereocenters. The van der Waals surface area contributed by atoms with Crippen LogP contribution in [0.3, 0.4) is 0 Å². The highest BCUT2D eigenvalue weighted by molar-refractivity contribution is 5.76. The van der Waals surface area contributed by atoms with Crippen LogP contribution in [0.4, 0.5) is 0 Å². The lowest BCUT2D eigenvalue weighted by atomic mass is 10.1. The summed E-state index contributed by atoms with van der Waals surface area (Å²) in [5.74, 6) is -0.107. The molecule has 50 heavy (non-hydrogen) atoms. The van der Waals surface area contributed by atoms with Crippen LogP contribution in [0.5, 0.6) is 0 Å². The second kappa shape index (κ2) is 40.2. The van der Waals surface area contributed by atoms with Gasteiger partial charge in [-0.2, -0.15) is 0 Å². The molecule has 3 N–H and O–H groups in total. The van der Waals surface area contributed by atoms with E-state index in [1.807, 2.05) is 6.08 Å². The molecule has 4 heteroatoms. The summed E-state index contributed by atoms with van der Waals surface area (Å²) in [5.41, 5.74) is 0. The second-order valence-corrected chi connectivity index (χ2v) is 12.6. The van der Waals surface area contributed by atoms with Gasteiger partial charge in [-0.25, -0.2) is 0 Å². The van der Waals surface area contributed by atoms with Crippen LogP contribution in [-0.4, -0.2) is 34.9 Å². The quantitative estimate of drug-likeness (QED) is 0.0475. The summed E-state index contributed by atoms with van der Waals surface area (Å²) in [6, 6.07) is -0.663. The molecule has 0 saturated heterocycles. The normalized spacial score (nSPS) is 14.4. The Labute approximate surface area is 308 Å². The van der Waals surface area contributed by atoms with Gasteiger partial charge in [-0.3, -0.25) is 4.79 Å². The molecular weight excluding hydrogens is 615 g/mol. The predicted molar refractivity (Wildman–Crippen MR) is 220 cm³/mol. The van der Waals surface area contributed by atoms with Gasteiger partial charge in [-0.1, -0.05) is 161 Å². The van der Waals surface area contributed by atoms with E-state index in [1.54, 1.807) is 6.08 Å². The molecular formula is C46H73NO3. The third-order valence-corrected chi connectivity index (χ3v) is 7.89. The smallest absolute Gasteiger partial charge is 0.220 e. The molecule has 0 bridgehead atoms. The molecule has 0 aromatic heterocycles. The molecule has 4 nitrogen and oxygen atoms in total. The van der Waals surface area contributed by atoms with Crippen molar-refractivity contribution in [2.75, 3.05) is 6.61 Å². The van der Waals surface area contributed by atoms with Crippen molar-refractivity contribution in [1.82, 2.24) is 5.32 Å². The number of carbonyl (C=O) groups excluding carboxylic acids is 1. The van der Waals surface area contributed by atoms with E-state index in [0.29, 0.717) is 6.42 Å². The molecule has 0 saturated carbocycles. The second-order valence-electron chi connectivity index (χ2n) is 12.6. The highest BCUT2D eigenvalue weighted by Crippen LogP contribution is 2.09. The molecule has 0 spiro atoms. The third kappa shape index (κ3) is 36.1. The van der Waals surface area contributed by atoms with Crippen molar-refractivity contribution in [2.45, 2.75) is 154 Å². The Hall–Kier alpha value is -3.21. The van der Waals surface area contributed by atoms with Gasteiger partial charge in [-0.15, -0.1) is 0 Å². The maximum Gasteiger partial charge on any atom is 0.220 e. The van der Waals surface area contributed by atoms with Gasteiger partial charge in [0.05, 0.1) is 18.8 Å². The fraction of sp³-hybridized carbons (Fsp3) is 0.543. The fourth-order valence-corrected chi connectivity index (χ4v) is 4.90. The maximum absolute atomic E-state index is 12.3. The van der Waals surface area contributed by atoms with Crippen LogP contribution in [0.1, 0.15) is 142 Å². The predicted octanol–water partition coefficient (Wildman–Crippen LogP) is 12.2. The average molecular weight is 688 g/mol. The lowest BCUT2D eigenvalue weighted by molar-refractivity contribution is -0.123. The third-order valence-electron chi connectivity index (χ3n) is 7.89. The Morgan fingerprint density at radius 2 is 0.900 bits per heavy atom. The fourth-order valence-electron chi connectivity index (χ4n) is 4.90. The van der Waals surface area contributed by atoms with Crippen LogP contribution in [0.15, 0.2) is 122 Å². The van der Waals surface area contributed by atoms with E-state index >= 15 is 0 Å². The van der Waals surface area contributed by atoms with Crippen molar-refractivity contribution >= 4 is 5.91 Å². The molecule has 0 aliphatic heterocycles. The molecule has 0 aliphatic carbocycles. The molecule has 0 radical (unpaired) electrons. The summed E-state index contributed by atoms with van der Waals surface area (Å²) in [5, 5.41) is 22.8. The zero-order valence-electron chi connectivity index (χ0n) is 31.9. The van der Waals surface area contributed by atoms with Crippen LogP contribution in [0, 0.1) is 0 Å². The SMILES string of the molecule is CC/C=C\C/C=C\C/C=C\C/C=C\C/C=C\C/C=C\C/C=C\CCCCCCCC(=O)NC(CO)C(O)/C=C/CC/C=C/CC/C=C/CCC. The molecule has 0 fully saturated rings. The zero-order chi connectivity index (χ0) is 36.4. The first kappa shape index (κ1) is 46.8. The summed E-state index contributed by atoms with van der Waals surface area (Å²) in [4.78, 5) is 12.3. The number of unbranched alkanes of at least 4 members (excludes halogenated alkanes) is 8. The summed E-state index contributed by atoms with van der Waals surface area (Å²) in [7, 11) is 0. The number of aliphatic hydroxyl groups excluding tert-OH is 2. The van der Waals surface area contributed by atoms with Gasteiger partial charge in [0, 0.05) is 6.42 Å². The summed E-state index contributed by atoms with van der Waals surface area (Å²) in [6.45, 7) is 4.06. The van der Waals surface area contributed by atoms with Gasteiger partial charge in [0.1, 0.15) is 0 Å². The van der Waals surface area contributed by atoms with E-state index < -0.39 is 12.1 Å². The highest BCUT2D eigenvalue weighted by atomic mass is 16.3. The van der Waals surface area contributed by atoms with Crippen LogP contribution in [0.25, 0.3) is 0 Å². The van der Waals surface area contributed by atoms with Crippen molar-refractivity contribution < 1.29 is 15.0 Å². The van der Waals surface area contributed by atoms with E-state index in [4.69, 9.17) is 0 Å². The Kier molecular flexibility index (Phi) is 37.6. The molecule has 280 valence electrons. The van der Waals surface area contributed by atoms with Crippen molar-refractivity contribution in [3.8, 4) is 0 Å². The number of amides is 1. The monoisotopic (exact) mass is 688 g/mol. The van der Waals surface area contributed by atoms with E-state index in [-0.39, 0.29) is 12.5 Å². The van der Waals surface area contributed by atoms with Crippen molar-refractivity contribution in [3.05, 3.63) is 122 Å². The summed E-state index contributed by atoms with van der Waals surface area (Å²) >= 11 is 0. The lowest BCUT2D eigenvalue weighted by Crippen LogP contribution is -2.45. The first-order chi connectivity index (χ1) is 24.7. The number of hydrogen-bond donors (Lipinski definition) is 3.